The van der Waals surface area contributed by atoms with Gasteiger partial charge in [0.05, 0.1) is 5.75 Å². The van der Waals surface area contributed by atoms with Crippen molar-refractivity contribution < 1.29 is 14.0 Å². The van der Waals surface area contributed by atoms with Crippen molar-refractivity contribution in [1.29, 1.82) is 0 Å². The van der Waals surface area contributed by atoms with E-state index in [2.05, 4.69) is 21.2 Å². The lowest BCUT2D eigenvalue weighted by molar-refractivity contribution is -0.138. The van der Waals surface area contributed by atoms with Gasteiger partial charge in [0.2, 0.25) is 11.8 Å². The number of halogens is 2. The first-order valence-electron chi connectivity index (χ1n) is 8.49. The molecule has 2 aromatic rings. The SMILES string of the molecule is CNC(=O)[C@@H](C)N(Cc1ccc(Br)cc1)C(=O)CSCc1ccccc1F. The molecule has 4 nitrogen and oxygen atoms in total. The first kappa shape index (κ1) is 21.4. The van der Waals surface area contributed by atoms with Gasteiger partial charge >= 0.3 is 0 Å². The molecule has 0 unspecified atom stereocenters. The van der Waals surface area contributed by atoms with Crippen molar-refractivity contribution in [3.63, 3.8) is 0 Å². The maximum atomic E-state index is 13.7. The summed E-state index contributed by atoms with van der Waals surface area (Å²) in [6.07, 6.45) is 0. The summed E-state index contributed by atoms with van der Waals surface area (Å²) >= 11 is 4.72. The van der Waals surface area contributed by atoms with Gasteiger partial charge in [-0.25, -0.2) is 4.39 Å². The van der Waals surface area contributed by atoms with E-state index in [-0.39, 0.29) is 23.4 Å². The lowest BCUT2D eigenvalue weighted by Gasteiger charge is -2.28. The highest BCUT2D eigenvalue weighted by atomic mass is 79.9. The van der Waals surface area contributed by atoms with Gasteiger partial charge in [-0.15, -0.1) is 11.8 Å². The van der Waals surface area contributed by atoms with E-state index in [1.807, 2.05) is 24.3 Å². The van der Waals surface area contributed by atoms with Crippen molar-refractivity contribution >= 4 is 39.5 Å². The zero-order chi connectivity index (χ0) is 19.8. The molecule has 0 aliphatic heterocycles. The summed E-state index contributed by atoms with van der Waals surface area (Å²) in [5.74, 6) is -0.0803. The molecule has 0 saturated carbocycles. The van der Waals surface area contributed by atoms with Gasteiger partial charge in [0, 0.05) is 23.8 Å². The summed E-state index contributed by atoms with van der Waals surface area (Å²) in [6, 6.07) is 13.5. The number of carbonyl (C=O) groups is 2. The summed E-state index contributed by atoms with van der Waals surface area (Å²) in [4.78, 5) is 26.4. The van der Waals surface area contributed by atoms with Gasteiger partial charge in [0.15, 0.2) is 0 Å². The van der Waals surface area contributed by atoms with E-state index in [0.717, 1.165) is 10.0 Å². The number of nitrogens with one attached hydrogen (secondary N) is 1. The van der Waals surface area contributed by atoms with E-state index < -0.39 is 6.04 Å². The van der Waals surface area contributed by atoms with Crippen molar-refractivity contribution in [3.05, 3.63) is 69.9 Å². The fourth-order valence-corrected chi connectivity index (χ4v) is 3.69. The van der Waals surface area contributed by atoms with E-state index in [9.17, 15) is 14.0 Å². The fraction of sp³-hybridized carbons (Fsp3) is 0.300. The number of hydrogen-bond donors (Lipinski definition) is 1. The molecule has 0 saturated heterocycles. The minimum atomic E-state index is -0.597. The molecular formula is C20H22BrFN2O2S. The quantitative estimate of drug-likeness (QED) is 0.658. The smallest absolute Gasteiger partial charge is 0.242 e. The Morgan fingerprint density at radius 2 is 1.85 bits per heavy atom. The second kappa shape index (κ2) is 10.5. The molecule has 1 N–H and O–H groups in total. The van der Waals surface area contributed by atoms with E-state index in [1.165, 1.54) is 17.8 Å². The molecule has 2 rings (SSSR count). The highest BCUT2D eigenvalue weighted by molar-refractivity contribution is 9.10. The average molecular weight is 453 g/mol. The van der Waals surface area contributed by atoms with Crippen molar-refractivity contribution in [2.24, 2.45) is 0 Å². The molecule has 0 radical (unpaired) electrons. The largest absolute Gasteiger partial charge is 0.357 e. The number of nitrogens with zero attached hydrogens (tertiary/aromatic N) is 1. The first-order chi connectivity index (χ1) is 12.9. The molecule has 0 aromatic heterocycles. The third-order valence-corrected chi connectivity index (χ3v) is 5.62. The first-order valence-corrected chi connectivity index (χ1v) is 10.4. The summed E-state index contributed by atoms with van der Waals surface area (Å²) in [5.41, 5.74) is 1.50. The van der Waals surface area contributed by atoms with Crippen molar-refractivity contribution in [2.75, 3.05) is 12.8 Å². The Bertz CT molecular complexity index is 786. The lowest BCUT2D eigenvalue weighted by atomic mass is 10.1. The standard InChI is InChI=1S/C20H22BrFN2O2S/c1-14(20(26)23-2)24(11-15-7-9-17(21)10-8-15)19(25)13-27-12-16-5-3-4-6-18(16)22/h3-10,14H,11-13H2,1-2H3,(H,23,26)/t14-/m1/s1. The number of amides is 2. The van der Waals surface area contributed by atoms with Crippen LogP contribution >= 0.6 is 27.7 Å². The Morgan fingerprint density at radius 1 is 1.19 bits per heavy atom. The van der Waals surface area contributed by atoms with Crippen LogP contribution in [0.1, 0.15) is 18.1 Å². The van der Waals surface area contributed by atoms with Gasteiger partial charge in [-0.1, -0.05) is 46.3 Å². The molecule has 0 bridgehead atoms. The third-order valence-electron chi connectivity index (χ3n) is 4.12. The Kier molecular flexibility index (Phi) is 8.31. The second-order valence-corrected chi connectivity index (χ2v) is 7.92. The highest BCUT2D eigenvalue weighted by Crippen LogP contribution is 2.18. The van der Waals surface area contributed by atoms with Crippen LogP contribution in [0.4, 0.5) is 4.39 Å². The average Bonchev–Trinajstić information content (AvgIpc) is 2.67. The summed E-state index contributed by atoms with van der Waals surface area (Å²) in [6.45, 7) is 2.04. The maximum Gasteiger partial charge on any atom is 0.242 e. The van der Waals surface area contributed by atoms with E-state index >= 15 is 0 Å². The third kappa shape index (κ3) is 6.36. The van der Waals surface area contributed by atoms with Crippen LogP contribution in [0.3, 0.4) is 0 Å². The molecular weight excluding hydrogens is 431 g/mol. The van der Waals surface area contributed by atoms with Crippen LogP contribution in [0.5, 0.6) is 0 Å². The van der Waals surface area contributed by atoms with Crippen LogP contribution in [0.25, 0.3) is 0 Å². The van der Waals surface area contributed by atoms with Crippen LogP contribution in [-0.4, -0.2) is 35.6 Å². The van der Waals surface area contributed by atoms with E-state index in [4.69, 9.17) is 0 Å². The van der Waals surface area contributed by atoms with Gasteiger partial charge in [0.1, 0.15) is 11.9 Å². The zero-order valence-electron chi connectivity index (χ0n) is 15.2. The zero-order valence-corrected chi connectivity index (χ0v) is 17.6. The molecule has 1 atom stereocenters. The Morgan fingerprint density at radius 3 is 2.48 bits per heavy atom. The molecule has 2 aromatic carbocycles. The Balaban J connectivity index is 2.04. The minimum Gasteiger partial charge on any atom is -0.357 e. The molecule has 2 amide bonds. The van der Waals surface area contributed by atoms with E-state index in [1.54, 1.807) is 37.1 Å². The van der Waals surface area contributed by atoms with Gasteiger partial charge < -0.3 is 10.2 Å². The topological polar surface area (TPSA) is 49.4 Å². The highest BCUT2D eigenvalue weighted by Gasteiger charge is 2.25. The van der Waals surface area contributed by atoms with E-state index in [0.29, 0.717) is 17.9 Å². The van der Waals surface area contributed by atoms with Crippen molar-refractivity contribution in [3.8, 4) is 0 Å². The predicted molar refractivity (Wildman–Crippen MR) is 111 cm³/mol. The van der Waals surface area contributed by atoms with Crippen molar-refractivity contribution in [1.82, 2.24) is 10.2 Å². The van der Waals surface area contributed by atoms with Crippen LogP contribution < -0.4 is 5.32 Å². The number of hydrogen-bond acceptors (Lipinski definition) is 3. The Labute approximate surface area is 171 Å². The van der Waals surface area contributed by atoms with Crippen molar-refractivity contribution in [2.45, 2.75) is 25.3 Å². The predicted octanol–water partition coefficient (Wildman–Crippen LogP) is 3.98. The lowest BCUT2D eigenvalue weighted by Crippen LogP contribution is -2.47. The fourth-order valence-electron chi connectivity index (χ4n) is 2.52. The molecule has 0 aliphatic carbocycles. The van der Waals surface area contributed by atoms with Gasteiger partial charge in [-0.05, 0) is 36.2 Å². The number of carbonyl (C=O) groups excluding carboxylic acids is 2. The van der Waals surface area contributed by atoms with Gasteiger partial charge in [-0.2, -0.15) is 0 Å². The summed E-state index contributed by atoms with van der Waals surface area (Å²) in [5, 5.41) is 2.59. The minimum absolute atomic E-state index is 0.157. The van der Waals surface area contributed by atoms with Crippen LogP contribution in [0.2, 0.25) is 0 Å². The van der Waals surface area contributed by atoms with Gasteiger partial charge in [-0.3, -0.25) is 9.59 Å². The van der Waals surface area contributed by atoms with Crippen LogP contribution in [-0.2, 0) is 21.9 Å². The Hall–Kier alpha value is -1.86. The normalized spacial score (nSPS) is 11.7. The molecule has 0 spiro atoms. The molecule has 0 aliphatic rings. The molecule has 0 heterocycles. The molecule has 7 heteroatoms. The number of thioether (sulfide) groups is 1. The number of benzene rings is 2. The number of rotatable bonds is 8. The molecule has 0 fully saturated rings. The molecule has 144 valence electrons. The van der Waals surface area contributed by atoms with Crippen LogP contribution in [0.15, 0.2) is 53.0 Å². The van der Waals surface area contributed by atoms with Crippen LogP contribution in [0, 0.1) is 5.82 Å². The summed E-state index contributed by atoms with van der Waals surface area (Å²) < 4.78 is 14.7. The summed E-state index contributed by atoms with van der Waals surface area (Å²) in [7, 11) is 1.55. The second-order valence-electron chi connectivity index (χ2n) is 6.02. The maximum absolute atomic E-state index is 13.7. The monoisotopic (exact) mass is 452 g/mol. The number of likely N-dealkylation sites (N-methyl/N-ethyl adjacent to an activating group) is 1. The van der Waals surface area contributed by atoms with Gasteiger partial charge in [0.25, 0.3) is 0 Å². The molecule has 27 heavy (non-hydrogen) atoms.